The average molecular weight is 498 g/mol. The first-order valence-corrected chi connectivity index (χ1v) is 12.4. The van der Waals surface area contributed by atoms with Gasteiger partial charge in [0.15, 0.2) is 0 Å². The molecule has 37 heavy (non-hydrogen) atoms. The van der Waals surface area contributed by atoms with Crippen LogP contribution in [0.5, 0.6) is 5.75 Å². The number of amides is 1. The number of benzene rings is 2. The van der Waals surface area contributed by atoms with Gasteiger partial charge in [-0.15, -0.1) is 0 Å². The third-order valence-electron chi connectivity index (χ3n) is 5.98. The van der Waals surface area contributed by atoms with Gasteiger partial charge in [0.05, 0.1) is 5.39 Å². The van der Waals surface area contributed by atoms with Gasteiger partial charge in [-0.1, -0.05) is 42.5 Å². The number of aromatic nitrogens is 3. The number of rotatable bonds is 6. The van der Waals surface area contributed by atoms with Crippen molar-refractivity contribution in [3.8, 4) is 5.75 Å². The van der Waals surface area contributed by atoms with Crippen molar-refractivity contribution in [1.29, 1.82) is 0 Å². The molecule has 0 saturated carbocycles. The second-order valence-electron chi connectivity index (χ2n) is 10.0. The standard InChI is InChI=1S/C29H31N5O3/c1-29(2,3)37-28(35)34-14-12-21(13-15-34)25-17-24-26(30-19-31-27(24)33-25)32-22-10-7-11-23(16-22)36-18-20-8-5-4-6-9-20/h4-12,16-17,19H,13-15,18H2,1-3H3,(H2,30,31,32,33). The second-order valence-corrected chi connectivity index (χ2v) is 10.0. The molecule has 2 aromatic heterocycles. The summed E-state index contributed by atoms with van der Waals surface area (Å²) in [6.45, 7) is 7.24. The fourth-order valence-electron chi connectivity index (χ4n) is 4.16. The summed E-state index contributed by atoms with van der Waals surface area (Å²) in [5, 5.41) is 4.30. The van der Waals surface area contributed by atoms with Gasteiger partial charge in [0.25, 0.3) is 0 Å². The third kappa shape index (κ3) is 6.09. The van der Waals surface area contributed by atoms with Crippen LogP contribution < -0.4 is 10.1 Å². The molecule has 1 aliphatic rings. The highest BCUT2D eigenvalue weighted by Crippen LogP contribution is 2.30. The summed E-state index contributed by atoms with van der Waals surface area (Å²) in [6.07, 6.45) is 4.04. The number of hydrogen-bond acceptors (Lipinski definition) is 6. The Kier molecular flexibility index (Phi) is 6.81. The molecular formula is C29H31N5O3. The van der Waals surface area contributed by atoms with Gasteiger partial charge >= 0.3 is 6.09 Å². The zero-order valence-corrected chi connectivity index (χ0v) is 21.3. The molecular weight excluding hydrogens is 466 g/mol. The fourth-order valence-corrected chi connectivity index (χ4v) is 4.16. The van der Waals surface area contributed by atoms with Crippen LogP contribution in [0.25, 0.3) is 16.6 Å². The van der Waals surface area contributed by atoms with Crippen LogP contribution in [0.1, 0.15) is 38.4 Å². The van der Waals surface area contributed by atoms with E-state index in [9.17, 15) is 4.79 Å². The quantitative estimate of drug-likeness (QED) is 0.325. The predicted molar refractivity (Wildman–Crippen MR) is 145 cm³/mol. The van der Waals surface area contributed by atoms with E-state index in [-0.39, 0.29) is 6.09 Å². The van der Waals surface area contributed by atoms with E-state index in [1.165, 1.54) is 0 Å². The molecule has 2 aromatic carbocycles. The van der Waals surface area contributed by atoms with E-state index in [2.05, 4.69) is 32.4 Å². The van der Waals surface area contributed by atoms with E-state index in [0.717, 1.165) is 45.7 Å². The number of fused-ring (bicyclic) bond motifs is 1. The van der Waals surface area contributed by atoms with E-state index in [0.29, 0.717) is 25.5 Å². The van der Waals surface area contributed by atoms with Gasteiger partial charge in [-0.2, -0.15) is 0 Å². The Morgan fingerprint density at radius 3 is 2.68 bits per heavy atom. The summed E-state index contributed by atoms with van der Waals surface area (Å²) >= 11 is 0. The maximum absolute atomic E-state index is 12.4. The molecule has 0 saturated heterocycles. The van der Waals surface area contributed by atoms with Crippen LogP contribution in [0.3, 0.4) is 0 Å². The van der Waals surface area contributed by atoms with Gasteiger partial charge in [-0.05, 0) is 56.5 Å². The maximum Gasteiger partial charge on any atom is 0.410 e. The number of nitrogens with zero attached hydrogens (tertiary/aromatic N) is 3. The van der Waals surface area contributed by atoms with Gasteiger partial charge in [0.2, 0.25) is 0 Å². The van der Waals surface area contributed by atoms with Crippen molar-refractivity contribution >= 4 is 34.2 Å². The lowest BCUT2D eigenvalue weighted by Gasteiger charge is -2.29. The number of H-pyrrole nitrogens is 1. The van der Waals surface area contributed by atoms with Crippen molar-refractivity contribution in [2.45, 2.75) is 39.4 Å². The third-order valence-corrected chi connectivity index (χ3v) is 5.98. The molecule has 0 aliphatic carbocycles. The normalized spacial score (nSPS) is 13.8. The molecule has 2 N–H and O–H groups in total. The summed E-state index contributed by atoms with van der Waals surface area (Å²) in [5.41, 5.74) is 4.35. The van der Waals surface area contributed by atoms with Crippen LogP contribution in [0.2, 0.25) is 0 Å². The minimum atomic E-state index is -0.506. The van der Waals surface area contributed by atoms with Gasteiger partial charge in [0, 0.05) is 30.5 Å². The average Bonchev–Trinajstić information content (AvgIpc) is 3.33. The lowest BCUT2D eigenvalue weighted by atomic mass is 10.1. The lowest BCUT2D eigenvalue weighted by Crippen LogP contribution is -2.39. The lowest BCUT2D eigenvalue weighted by molar-refractivity contribution is 0.0270. The molecule has 0 spiro atoms. The van der Waals surface area contributed by atoms with Gasteiger partial charge in [0.1, 0.15) is 35.7 Å². The Morgan fingerprint density at radius 1 is 1.08 bits per heavy atom. The first-order valence-electron chi connectivity index (χ1n) is 12.4. The molecule has 8 nitrogen and oxygen atoms in total. The molecule has 0 atom stereocenters. The number of ether oxygens (including phenoxy) is 2. The molecule has 1 aliphatic heterocycles. The molecule has 0 radical (unpaired) electrons. The molecule has 1 amide bonds. The van der Waals surface area contributed by atoms with Crippen molar-refractivity contribution < 1.29 is 14.3 Å². The number of anilines is 2. The van der Waals surface area contributed by atoms with E-state index in [4.69, 9.17) is 9.47 Å². The summed E-state index contributed by atoms with van der Waals surface area (Å²) < 4.78 is 11.5. The van der Waals surface area contributed by atoms with Gasteiger partial charge < -0.3 is 24.7 Å². The van der Waals surface area contributed by atoms with Crippen LogP contribution in [-0.4, -0.2) is 44.6 Å². The van der Waals surface area contributed by atoms with E-state index >= 15 is 0 Å². The van der Waals surface area contributed by atoms with Crippen molar-refractivity contribution in [3.63, 3.8) is 0 Å². The first-order chi connectivity index (χ1) is 17.8. The van der Waals surface area contributed by atoms with Crippen LogP contribution in [0.15, 0.2) is 73.1 Å². The maximum atomic E-state index is 12.4. The Hall–Kier alpha value is -4.33. The number of aromatic amines is 1. The fraction of sp³-hybridized carbons (Fsp3) is 0.276. The van der Waals surface area contributed by atoms with Crippen molar-refractivity contribution in [2.75, 3.05) is 18.4 Å². The molecule has 5 rings (SSSR count). The minimum absolute atomic E-state index is 0.285. The van der Waals surface area contributed by atoms with E-state index < -0.39 is 5.60 Å². The summed E-state index contributed by atoms with van der Waals surface area (Å²) in [6, 6.07) is 20.0. The molecule has 190 valence electrons. The molecule has 3 heterocycles. The smallest absolute Gasteiger partial charge is 0.410 e. The highest BCUT2D eigenvalue weighted by molar-refractivity contribution is 5.92. The minimum Gasteiger partial charge on any atom is -0.489 e. The van der Waals surface area contributed by atoms with Crippen molar-refractivity contribution in [1.82, 2.24) is 19.9 Å². The zero-order valence-electron chi connectivity index (χ0n) is 21.3. The molecule has 0 unspecified atom stereocenters. The predicted octanol–water partition coefficient (Wildman–Crippen LogP) is 6.30. The van der Waals surface area contributed by atoms with Crippen molar-refractivity contribution in [3.05, 3.63) is 84.3 Å². The largest absolute Gasteiger partial charge is 0.489 e. The van der Waals surface area contributed by atoms with Gasteiger partial charge in [-0.3, -0.25) is 0 Å². The molecule has 0 fully saturated rings. The summed E-state index contributed by atoms with van der Waals surface area (Å²) in [7, 11) is 0. The Labute approximate surface area is 216 Å². The number of carbonyl (C=O) groups excluding carboxylic acids is 1. The molecule has 4 aromatic rings. The Morgan fingerprint density at radius 2 is 1.92 bits per heavy atom. The number of hydrogen-bond donors (Lipinski definition) is 2. The van der Waals surface area contributed by atoms with E-state index in [1.807, 2.05) is 75.4 Å². The summed E-state index contributed by atoms with van der Waals surface area (Å²) in [5.74, 6) is 1.48. The highest BCUT2D eigenvalue weighted by atomic mass is 16.6. The van der Waals surface area contributed by atoms with Crippen LogP contribution >= 0.6 is 0 Å². The number of carbonyl (C=O) groups is 1. The second kappa shape index (κ2) is 10.3. The van der Waals surface area contributed by atoms with E-state index in [1.54, 1.807) is 11.2 Å². The molecule has 8 heteroatoms. The zero-order chi connectivity index (χ0) is 25.8. The first kappa shape index (κ1) is 24.4. The summed E-state index contributed by atoms with van der Waals surface area (Å²) in [4.78, 5) is 26.4. The van der Waals surface area contributed by atoms with Crippen LogP contribution in [-0.2, 0) is 11.3 Å². The monoisotopic (exact) mass is 497 g/mol. The number of nitrogens with one attached hydrogen (secondary N) is 2. The van der Waals surface area contributed by atoms with Crippen LogP contribution in [0, 0.1) is 0 Å². The Balaban J connectivity index is 1.29. The SMILES string of the molecule is CC(C)(C)OC(=O)N1CC=C(c2cc3c(Nc4cccc(OCc5ccccc5)c4)ncnc3[nH]2)CC1. The highest BCUT2D eigenvalue weighted by Gasteiger charge is 2.24. The van der Waals surface area contributed by atoms with Crippen molar-refractivity contribution in [2.24, 2.45) is 0 Å². The topological polar surface area (TPSA) is 92.4 Å². The van der Waals surface area contributed by atoms with Crippen LogP contribution in [0.4, 0.5) is 16.3 Å². The Bertz CT molecular complexity index is 1420. The molecule has 0 bridgehead atoms. The van der Waals surface area contributed by atoms with Gasteiger partial charge in [-0.25, -0.2) is 14.8 Å².